The van der Waals surface area contributed by atoms with Crippen LogP contribution in [0.5, 0.6) is 0 Å². The molecule has 1 N–H and O–H groups in total. The summed E-state index contributed by atoms with van der Waals surface area (Å²) in [6.45, 7) is 4.97. The first-order chi connectivity index (χ1) is 16.6. The fourth-order valence-electron chi connectivity index (χ4n) is 4.06. The lowest BCUT2D eigenvalue weighted by molar-refractivity contribution is 0.555. The van der Waals surface area contributed by atoms with Gasteiger partial charge in [0.2, 0.25) is 0 Å². The van der Waals surface area contributed by atoms with Crippen LogP contribution in [0, 0.1) is 24.5 Å². The highest BCUT2D eigenvalue weighted by Gasteiger charge is 2.36. The number of aromatic nitrogens is 4. The number of pyridine rings is 4. The molecule has 0 saturated heterocycles. The average Bonchev–Trinajstić information content (AvgIpc) is 3.65. The fraction of sp³-hybridized carbons (Fsp3) is 0.280. The molecule has 0 radical (unpaired) electrons. The van der Waals surface area contributed by atoms with Crippen LogP contribution in [0.4, 0.5) is 14.5 Å². The smallest absolute Gasteiger partial charge is 0.151 e. The van der Waals surface area contributed by atoms with Crippen molar-refractivity contribution in [1.29, 1.82) is 0 Å². The number of hydrogen-bond acceptors (Lipinski definition) is 6. The summed E-state index contributed by atoms with van der Waals surface area (Å²) in [4.78, 5) is 17.5. The van der Waals surface area contributed by atoms with E-state index in [1.807, 2.05) is 0 Å². The molecule has 0 bridgehead atoms. The standard InChI is InChI=1S/C25H23ClF2N5OP/c1-13-20(26)25(33-22(14-6-7-14)23-16(27)5-4-10-29-23)24-18(31-13)11-17(28)21(32-24)15-8-9-19(30-12-15)35(2,3)34/h4-5,8-12,14,22H,6-7H2,1-3H3,(H,31,33). The second-order valence-electron chi connectivity index (χ2n) is 9.16. The van der Waals surface area contributed by atoms with Gasteiger partial charge in [-0.25, -0.2) is 18.7 Å². The SMILES string of the molecule is Cc1nc2cc(F)c(-c3ccc(P(C)(C)=O)nc3)nc2c(NC(c2ncccc2F)C2CC2)c1Cl. The molecule has 0 aromatic carbocycles. The van der Waals surface area contributed by atoms with E-state index in [1.54, 1.807) is 44.6 Å². The van der Waals surface area contributed by atoms with Gasteiger partial charge in [0, 0.05) is 24.0 Å². The van der Waals surface area contributed by atoms with E-state index in [0.29, 0.717) is 44.1 Å². The van der Waals surface area contributed by atoms with Crippen LogP contribution in [0.25, 0.3) is 22.3 Å². The summed E-state index contributed by atoms with van der Waals surface area (Å²) in [5.41, 5.74) is 2.89. The van der Waals surface area contributed by atoms with Crippen molar-refractivity contribution in [2.75, 3.05) is 18.6 Å². The first-order valence-electron chi connectivity index (χ1n) is 11.2. The lowest BCUT2D eigenvalue weighted by atomic mass is 10.1. The third-order valence-electron chi connectivity index (χ3n) is 6.07. The molecule has 1 aliphatic carbocycles. The van der Waals surface area contributed by atoms with Crippen molar-refractivity contribution in [2.45, 2.75) is 25.8 Å². The number of hydrogen-bond donors (Lipinski definition) is 1. The molecule has 4 aromatic heterocycles. The Balaban J connectivity index is 1.64. The molecule has 1 unspecified atom stereocenters. The van der Waals surface area contributed by atoms with E-state index in [4.69, 9.17) is 11.6 Å². The third kappa shape index (κ3) is 4.65. The lowest BCUT2D eigenvalue weighted by Gasteiger charge is -2.22. The number of nitrogens with one attached hydrogen (secondary N) is 1. The highest BCUT2D eigenvalue weighted by atomic mass is 35.5. The molecule has 1 atom stereocenters. The number of aryl methyl sites for hydroxylation is 1. The molecule has 4 heterocycles. The summed E-state index contributed by atoms with van der Waals surface area (Å²) in [7, 11) is -2.55. The van der Waals surface area contributed by atoms with Gasteiger partial charge in [-0.1, -0.05) is 11.6 Å². The van der Waals surface area contributed by atoms with E-state index in [9.17, 15) is 8.96 Å². The lowest BCUT2D eigenvalue weighted by Crippen LogP contribution is -2.17. The molecule has 1 aliphatic rings. The highest BCUT2D eigenvalue weighted by Crippen LogP contribution is 2.45. The minimum absolute atomic E-state index is 0.0651. The summed E-state index contributed by atoms with van der Waals surface area (Å²) >= 11 is 6.66. The Morgan fingerprint density at radius 1 is 1.11 bits per heavy atom. The zero-order valence-corrected chi connectivity index (χ0v) is 21.0. The predicted molar refractivity (Wildman–Crippen MR) is 135 cm³/mol. The molecule has 1 fully saturated rings. The predicted octanol–water partition coefficient (Wildman–Crippen LogP) is 6.14. The van der Waals surface area contributed by atoms with Gasteiger partial charge in [0.05, 0.1) is 39.1 Å². The van der Waals surface area contributed by atoms with Crippen molar-refractivity contribution in [2.24, 2.45) is 5.92 Å². The molecule has 0 spiro atoms. The minimum atomic E-state index is -2.55. The highest BCUT2D eigenvalue weighted by molar-refractivity contribution is 7.69. The Hall–Kier alpha value is -2.96. The van der Waals surface area contributed by atoms with Crippen molar-refractivity contribution >= 4 is 40.9 Å². The molecule has 1 saturated carbocycles. The van der Waals surface area contributed by atoms with Gasteiger partial charge >= 0.3 is 0 Å². The molecular weight excluding hydrogens is 491 g/mol. The van der Waals surface area contributed by atoms with Gasteiger partial charge in [0.15, 0.2) is 5.82 Å². The Bertz CT molecular complexity index is 1490. The average molecular weight is 514 g/mol. The largest absolute Gasteiger partial charge is 0.373 e. The van der Waals surface area contributed by atoms with E-state index < -0.39 is 24.8 Å². The molecule has 4 aromatic rings. The maximum Gasteiger partial charge on any atom is 0.151 e. The number of nitrogens with zero attached hydrogens (tertiary/aromatic N) is 4. The first-order valence-corrected chi connectivity index (χ1v) is 14.2. The van der Waals surface area contributed by atoms with Crippen LogP contribution in [-0.4, -0.2) is 33.3 Å². The molecule has 180 valence electrons. The second-order valence-corrected chi connectivity index (χ2v) is 12.7. The molecule has 0 aliphatic heterocycles. The van der Waals surface area contributed by atoms with Crippen LogP contribution >= 0.6 is 18.7 Å². The van der Waals surface area contributed by atoms with Crippen molar-refractivity contribution in [3.8, 4) is 11.3 Å². The summed E-state index contributed by atoms with van der Waals surface area (Å²) in [6, 6.07) is 7.08. The molecule has 35 heavy (non-hydrogen) atoms. The Morgan fingerprint density at radius 3 is 2.51 bits per heavy atom. The van der Waals surface area contributed by atoms with E-state index in [2.05, 4.69) is 25.3 Å². The Kier molecular flexibility index (Phi) is 6.06. The molecule has 10 heteroatoms. The van der Waals surface area contributed by atoms with E-state index >= 15 is 4.39 Å². The minimum Gasteiger partial charge on any atom is -0.373 e. The van der Waals surface area contributed by atoms with Gasteiger partial charge in [-0.3, -0.25) is 9.97 Å². The molecular formula is C25H23ClF2N5OP. The van der Waals surface area contributed by atoms with Gasteiger partial charge in [-0.2, -0.15) is 0 Å². The number of anilines is 1. The zero-order valence-electron chi connectivity index (χ0n) is 19.4. The summed E-state index contributed by atoms with van der Waals surface area (Å²) < 4.78 is 42.1. The zero-order chi connectivity index (χ0) is 24.9. The molecule has 6 nitrogen and oxygen atoms in total. The van der Waals surface area contributed by atoms with Gasteiger partial charge < -0.3 is 9.88 Å². The Morgan fingerprint density at radius 2 is 1.89 bits per heavy atom. The van der Waals surface area contributed by atoms with E-state index in [-0.39, 0.29) is 11.6 Å². The second kappa shape index (κ2) is 8.92. The number of rotatable bonds is 6. The van der Waals surface area contributed by atoms with Crippen LogP contribution < -0.4 is 10.8 Å². The van der Waals surface area contributed by atoms with Crippen LogP contribution in [0.1, 0.15) is 30.3 Å². The third-order valence-corrected chi connectivity index (χ3v) is 7.90. The van der Waals surface area contributed by atoms with Crippen molar-refractivity contribution < 1.29 is 13.3 Å². The molecule has 5 rings (SSSR count). The number of halogens is 3. The van der Waals surface area contributed by atoms with Crippen LogP contribution in [0.15, 0.2) is 42.7 Å². The summed E-state index contributed by atoms with van der Waals surface area (Å²) in [5, 5.41) is 3.70. The van der Waals surface area contributed by atoms with Crippen LogP contribution in [0.2, 0.25) is 5.02 Å². The van der Waals surface area contributed by atoms with Crippen LogP contribution in [0.3, 0.4) is 0 Å². The summed E-state index contributed by atoms with van der Waals surface area (Å²) in [6.07, 6.45) is 4.87. The molecule has 0 amide bonds. The van der Waals surface area contributed by atoms with Crippen LogP contribution in [-0.2, 0) is 4.57 Å². The van der Waals surface area contributed by atoms with E-state index in [0.717, 1.165) is 12.8 Å². The van der Waals surface area contributed by atoms with Crippen molar-refractivity contribution in [1.82, 2.24) is 19.9 Å². The maximum atomic E-state index is 15.1. The van der Waals surface area contributed by atoms with Gasteiger partial charge in [0.25, 0.3) is 0 Å². The monoisotopic (exact) mass is 513 g/mol. The normalized spacial score (nSPS) is 14.8. The van der Waals surface area contributed by atoms with Crippen molar-refractivity contribution in [3.05, 3.63) is 70.8 Å². The Labute approximate surface area is 206 Å². The summed E-state index contributed by atoms with van der Waals surface area (Å²) in [5.74, 6) is -0.787. The topological polar surface area (TPSA) is 80.7 Å². The quantitative estimate of drug-likeness (QED) is 0.312. The van der Waals surface area contributed by atoms with Gasteiger partial charge in [-0.15, -0.1) is 0 Å². The van der Waals surface area contributed by atoms with Crippen molar-refractivity contribution in [3.63, 3.8) is 0 Å². The maximum absolute atomic E-state index is 15.1. The van der Waals surface area contributed by atoms with Gasteiger partial charge in [-0.05, 0) is 63.3 Å². The fourth-order valence-corrected chi connectivity index (χ4v) is 5.02. The number of fused-ring (bicyclic) bond motifs is 1. The van der Waals surface area contributed by atoms with E-state index in [1.165, 1.54) is 18.3 Å². The first kappa shape index (κ1) is 23.8. The van der Waals surface area contributed by atoms with Gasteiger partial charge in [0.1, 0.15) is 24.2 Å².